The molecule has 0 radical (unpaired) electrons. The van der Waals surface area contributed by atoms with Crippen molar-refractivity contribution in [1.29, 1.82) is 0 Å². The largest absolute Gasteiger partial charge is 0.334 e. The van der Waals surface area contributed by atoms with Gasteiger partial charge in [0.1, 0.15) is 5.69 Å². The van der Waals surface area contributed by atoms with Crippen molar-refractivity contribution < 1.29 is 4.79 Å². The maximum absolute atomic E-state index is 12.4. The second kappa shape index (κ2) is 6.19. The molecule has 2 rings (SSSR count). The van der Waals surface area contributed by atoms with Gasteiger partial charge in [-0.15, -0.1) is 0 Å². The Hall–Kier alpha value is -1.36. The van der Waals surface area contributed by atoms with Gasteiger partial charge in [0.05, 0.1) is 6.04 Å². The number of carbonyl (C=O) groups is 1. The SMILES string of the molecule is CCC(CC)n1ccc(C(=O)N2CCN[C@H](C)C2)n1. The van der Waals surface area contributed by atoms with Crippen molar-refractivity contribution in [3.63, 3.8) is 0 Å². The van der Waals surface area contributed by atoms with Crippen LogP contribution in [-0.2, 0) is 0 Å². The number of carbonyl (C=O) groups excluding carboxylic acids is 1. The van der Waals surface area contributed by atoms with Crippen molar-refractivity contribution >= 4 is 5.91 Å². The lowest BCUT2D eigenvalue weighted by atomic mass is 10.2. The molecule has 0 aliphatic carbocycles. The number of piperazine rings is 1. The van der Waals surface area contributed by atoms with E-state index in [4.69, 9.17) is 0 Å². The Kier molecular flexibility index (Phi) is 4.58. The molecule has 1 aromatic rings. The second-order valence-corrected chi connectivity index (χ2v) is 5.26. The number of amides is 1. The summed E-state index contributed by atoms with van der Waals surface area (Å²) >= 11 is 0. The molecule has 1 atom stereocenters. The summed E-state index contributed by atoms with van der Waals surface area (Å²) in [5.41, 5.74) is 0.570. The molecule has 1 aromatic heterocycles. The van der Waals surface area contributed by atoms with E-state index >= 15 is 0 Å². The first-order chi connectivity index (χ1) is 9.15. The molecule has 0 unspecified atom stereocenters. The van der Waals surface area contributed by atoms with Gasteiger partial charge in [0, 0.05) is 31.9 Å². The molecular formula is C14H24N4O. The van der Waals surface area contributed by atoms with E-state index in [1.807, 2.05) is 21.8 Å². The van der Waals surface area contributed by atoms with Crippen LogP contribution in [0.3, 0.4) is 0 Å². The molecule has 1 aliphatic rings. The predicted octanol–water partition coefficient (Wildman–Crippen LogP) is 1.68. The van der Waals surface area contributed by atoms with E-state index in [9.17, 15) is 4.79 Å². The highest BCUT2D eigenvalue weighted by Crippen LogP contribution is 2.15. The number of nitrogens with zero attached hydrogens (tertiary/aromatic N) is 3. The minimum Gasteiger partial charge on any atom is -0.334 e. The molecule has 0 saturated carbocycles. The Morgan fingerprint density at radius 1 is 1.53 bits per heavy atom. The van der Waals surface area contributed by atoms with Gasteiger partial charge in [-0.1, -0.05) is 13.8 Å². The standard InChI is InChI=1S/C14H24N4O/c1-4-12(5-2)18-8-6-13(16-18)14(19)17-9-7-15-11(3)10-17/h6,8,11-12,15H,4-5,7,9-10H2,1-3H3/t11-/m1/s1. The zero-order valence-corrected chi connectivity index (χ0v) is 12.1. The summed E-state index contributed by atoms with van der Waals surface area (Å²) in [5, 5.41) is 7.80. The van der Waals surface area contributed by atoms with Crippen molar-refractivity contribution in [2.24, 2.45) is 0 Å². The molecule has 1 fully saturated rings. The summed E-state index contributed by atoms with van der Waals surface area (Å²) < 4.78 is 1.93. The van der Waals surface area contributed by atoms with Crippen molar-refractivity contribution in [2.75, 3.05) is 19.6 Å². The van der Waals surface area contributed by atoms with E-state index in [1.54, 1.807) is 0 Å². The zero-order chi connectivity index (χ0) is 13.8. The molecule has 1 saturated heterocycles. The van der Waals surface area contributed by atoms with Gasteiger partial charge in [0.25, 0.3) is 5.91 Å². The van der Waals surface area contributed by atoms with Crippen LogP contribution in [0.5, 0.6) is 0 Å². The lowest BCUT2D eigenvalue weighted by Crippen LogP contribution is -2.51. The molecule has 5 heteroatoms. The molecule has 19 heavy (non-hydrogen) atoms. The highest BCUT2D eigenvalue weighted by molar-refractivity contribution is 5.92. The van der Waals surface area contributed by atoms with Crippen LogP contribution in [0.4, 0.5) is 0 Å². The van der Waals surface area contributed by atoms with Crippen molar-refractivity contribution in [3.05, 3.63) is 18.0 Å². The van der Waals surface area contributed by atoms with Crippen molar-refractivity contribution in [1.82, 2.24) is 20.0 Å². The van der Waals surface area contributed by atoms with E-state index in [1.165, 1.54) is 0 Å². The maximum atomic E-state index is 12.4. The number of hydrogen-bond donors (Lipinski definition) is 1. The molecule has 1 N–H and O–H groups in total. The lowest BCUT2D eigenvalue weighted by molar-refractivity contribution is 0.0701. The van der Waals surface area contributed by atoms with Gasteiger partial charge in [0.15, 0.2) is 0 Å². The third kappa shape index (κ3) is 3.15. The fraction of sp³-hybridized carbons (Fsp3) is 0.714. The molecule has 5 nitrogen and oxygen atoms in total. The van der Waals surface area contributed by atoms with Crippen molar-refractivity contribution in [3.8, 4) is 0 Å². The summed E-state index contributed by atoms with van der Waals surface area (Å²) in [6.07, 6.45) is 4.00. The minimum absolute atomic E-state index is 0.0538. The van der Waals surface area contributed by atoms with E-state index < -0.39 is 0 Å². The second-order valence-electron chi connectivity index (χ2n) is 5.26. The Morgan fingerprint density at radius 2 is 2.26 bits per heavy atom. The first kappa shape index (κ1) is 14.1. The van der Waals surface area contributed by atoms with Gasteiger partial charge in [-0.05, 0) is 25.8 Å². The number of rotatable bonds is 4. The van der Waals surface area contributed by atoms with Gasteiger partial charge in [-0.3, -0.25) is 9.48 Å². The van der Waals surface area contributed by atoms with Crippen LogP contribution in [0.2, 0.25) is 0 Å². The van der Waals surface area contributed by atoms with Gasteiger partial charge >= 0.3 is 0 Å². The van der Waals surface area contributed by atoms with Crippen LogP contribution >= 0.6 is 0 Å². The fourth-order valence-electron chi connectivity index (χ4n) is 2.60. The van der Waals surface area contributed by atoms with Crippen LogP contribution < -0.4 is 5.32 Å². The Balaban J connectivity index is 2.07. The molecular weight excluding hydrogens is 240 g/mol. The van der Waals surface area contributed by atoms with Crippen LogP contribution in [0.25, 0.3) is 0 Å². The quantitative estimate of drug-likeness (QED) is 0.900. The lowest BCUT2D eigenvalue weighted by Gasteiger charge is -2.31. The molecule has 0 aromatic carbocycles. The van der Waals surface area contributed by atoms with E-state index in [0.717, 1.165) is 32.5 Å². The monoisotopic (exact) mass is 264 g/mol. The topological polar surface area (TPSA) is 50.2 Å². The maximum Gasteiger partial charge on any atom is 0.274 e. The predicted molar refractivity (Wildman–Crippen MR) is 75.2 cm³/mol. The molecule has 106 valence electrons. The summed E-state index contributed by atoms with van der Waals surface area (Å²) in [4.78, 5) is 14.3. The average Bonchev–Trinajstić information content (AvgIpc) is 2.89. The van der Waals surface area contributed by atoms with Gasteiger partial charge < -0.3 is 10.2 Å². The summed E-state index contributed by atoms with van der Waals surface area (Å²) in [6, 6.07) is 2.59. The zero-order valence-electron chi connectivity index (χ0n) is 12.1. The third-order valence-electron chi connectivity index (χ3n) is 3.80. The van der Waals surface area contributed by atoms with Gasteiger partial charge in [0.2, 0.25) is 0 Å². The Labute approximate surface area is 115 Å². The van der Waals surface area contributed by atoms with Crippen LogP contribution in [-0.4, -0.2) is 46.3 Å². The summed E-state index contributed by atoms with van der Waals surface area (Å²) in [7, 11) is 0. The van der Waals surface area contributed by atoms with Gasteiger partial charge in [-0.25, -0.2) is 0 Å². The van der Waals surface area contributed by atoms with Crippen molar-refractivity contribution in [2.45, 2.75) is 45.7 Å². The van der Waals surface area contributed by atoms with Crippen LogP contribution in [0.1, 0.15) is 50.1 Å². The highest BCUT2D eigenvalue weighted by atomic mass is 16.2. The summed E-state index contributed by atoms with van der Waals surface area (Å²) in [6.45, 7) is 8.78. The Bertz CT molecular complexity index is 425. The average molecular weight is 264 g/mol. The van der Waals surface area contributed by atoms with E-state index in [0.29, 0.717) is 17.8 Å². The molecule has 0 bridgehead atoms. The number of nitrogens with one attached hydrogen (secondary N) is 1. The van der Waals surface area contributed by atoms with Gasteiger partial charge in [-0.2, -0.15) is 5.10 Å². The minimum atomic E-state index is 0.0538. The van der Waals surface area contributed by atoms with Crippen LogP contribution in [0, 0.1) is 0 Å². The fourth-order valence-corrected chi connectivity index (χ4v) is 2.60. The first-order valence-corrected chi connectivity index (χ1v) is 7.23. The van der Waals surface area contributed by atoms with E-state index in [-0.39, 0.29) is 5.91 Å². The van der Waals surface area contributed by atoms with Crippen LogP contribution in [0.15, 0.2) is 12.3 Å². The first-order valence-electron chi connectivity index (χ1n) is 7.23. The van der Waals surface area contributed by atoms with E-state index in [2.05, 4.69) is 31.2 Å². The highest BCUT2D eigenvalue weighted by Gasteiger charge is 2.23. The molecule has 1 aliphatic heterocycles. The normalized spacial score (nSPS) is 20.0. The number of aromatic nitrogens is 2. The summed E-state index contributed by atoms with van der Waals surface area (Å²) in [5.74, 6) is 0.0538. The number of hydrogen-bond acceptors (Lipinski definition) is 3. The molecule has 1 amide bonds. The molecule has 0 spiro atoms. The smallest absolute Gasteiger partial charge is 0.274 e. The Morgan fingerprint density at radius 3 is 2.89 bits per heavy atom. The third-order valence-corrected chi connectivity index (χ3v) is 3.80. The molecule has 2 heterocycles.